The number of carboxylic acid groups (broad SMARTS) is 1. The Morgan fingerprint density at radius 3 is 1.92 bits per heavy atom. The SMILES string of the molecule is CC(=O)O.ClN(Cl)c1ccccc1. The van der Waals surface area contributed by atoms with Crippen molar-refractivity contribution in [3.63, 3.8) is 0 Å². The van der Waals surface area contributed by atoms with Crippen molar-refractivity contribution in [2.24, 2.45) is 0 Å². The molecule has 0 saturated carbocycles. The Labute approximate surface area is 86.7 Å². The molecule has 1 N–H and O–H groups in total. The maximum absolute atomic E-state index is 9.00. The number of carboxylic acids is 1. The van der Waals surface area contributed by atoms with E-state index in [1.807, 2.05) is 30.3 Å². The highest BCUT2D eigenvalue weighted by Crippen LogP contribution is 2.16. The van der Waals surface area contributed by atoms with Gasteiger partial charge in [-0.05, 0) is 12.1 Å². The molecular formula is C8H9Cl2NO2. The van der Waals surface area contributed by atoms with Gasteiger partial charge in [-0.1, -0.05) is 18.2 Å². The van der Waals surface area contributed by atoms with Crippen LogP contribution in [-0.4, -0.2) is 11.1 Å². The minimum absolute atomic E-state index is 0.779. The molecule has 1 aromatic carbocycles. The molecule has 0 saturated heterocycles. The Kier molecular flexibility index (Phi) is 6.10. The summed E-state index contributed by atoms with van der Waals surface area (Å²) in [6.45, 7) is 1.08. The minimum atomic E-state index is -0.833. The van der Waals surface area contributed by atoms with Crippen molar-refractivity contribution in [3.05, 3.63) is 30.3 Å². The number of anilines is 1. The van der Waals surface area contributed by atoms with E-state index < -0.39 is 5.97 Å². The Balaban J connectivity index is 0.000000310. The zero-order valence-corrected chi connectivity index (χ0v) is 8.46. The zero-order chi connectivity index (χ0) is 10.3. The summed E-state index contributed by atoms with van der Waals surface area (Å²) in [4.78, 5) is 9.00. The molecule has 13 heavy (non-hydrogen) atoms. The van der Waals surface area contributed by atoms with Crippen molar-refractivity contribution in [1.29, 1.82) is 0 Å². The van der Waals surface area contributed by atoms with Crippen LogP contribution in [0.3, 0.4) is 0 Å². The molecule has 0 aliphatic carbocycles. The summed E-state index contributed by atoms with van der Waals surface area (Å²) in [5.41, 5.74) is 0.779. The fourth-order valence-electron chi connectivity index (χ4n) is 0.541. The summed E-state index contributed by atoms with van der Waals surface area (Å²) in [5.74, 6) is -0.833. The second kappa shape index (κ2) is 6.57. The molecule has 0 atom stereocenters. The van der Waals surface area contributed by atoms with Crippen LogP contribution in [0.1, 0.15) is 6.92 Å². The van der Waals surface area contributed by atoms with Crippen molar-refractivity contribution >= 4 is 35.2 Å². The predicted octanol–water partition coefficient (Wildman–Crippen LogP) is 2.89. The molecule has 0 spiro atoms. The molecule has 0 aliphatic rings. The first kappa shape index (κ1) is 12.1. The Hall–Kier alpha value is -0.930. The van der Waals surface area contributed by atoms with E-state index >= 15 is 0 Å². The second-order valence-corrected chi connectivity index (χ2v) is 2.94. The molecule has 0 unspecified atom stereocenters. The smallest absolute Gasteiger partial charge is 0.300 e. The third kappa shape index (κ3) is 7.43. The monoisotopic (exact) mass is 221 g/mol. The summed E-state index contributed by atoms with van der Waals surface area (Å²) in [6.07, 6.45) is 0. The van der Waals surface area contributed by atoms with Gasteiger partial charge in [0, 0.05) is 30.5 Å². The number of halogens is 2. The Morgan fingerprint density at radius 2 is 1.69 bits per heavy atom. The largest absolute Gasteiger partial charge is 0.481 e. The number of aliphatic carboxylic acids is 1. The fourth-order valence-corrected chi connectivity index (χ4v) is 0.766. The summed E-state index contributed by atoms with van der Waals surface area (Å²) in [5, 5.41) is 7.42. The maximum atomic E-state index is 9.00. The highest BCUT2D eigenvalue weighted by Gasteiger charge is 1.93. The van der Waals surface area contributed by atoms with Crippen molar-refractivity contribution in [2.75, 3.05) is 3.94 Å². The molecule has 0 heterocycles. The van der Waals surface area contributed by atoms with E-state index in [4.69, 9.17) is 33.5 Å². The molecule has 1 aromatic rings. The molecule has 3 nitrogen and oxygen atoms in total. The van der Waals surface area contributed by atoms with Crippen LogP contribution in [0.2, 0.25) is 0 Å². The molecule has 0 aliphatic heterocycles. The van der Waals surface area contributed by atoms with Gasteiger partial charge in [-0.2, -0.15) is 3.94 Å². The lowest BCUT2D eigenvalue weighted by atomic mass is 10.3. The molecule has 0 bridgehead atoms. The van der Waals surface area contributed by atoms with Crippen LogP contribution < -0.4 is 3.94 Å². The molecular weight excluding hydrogens is 213 g/mol. The Morgan fingerprint density at radius 1 is 1.31 bits per heavy atom. The lowest BCUT2D eigenvalue weighted by Gasteiger charge is -2.02. The van der Waals surface area contributed by atoms with Gasteiger partial charge >= 0.3 is 0 Å². The highest BCUT2D eigenvalue weighted by molar-refractivity contribution is 6.49. The quantitative estimate of drug-likeness (QED) is 0.742. The van der Waals surface area contributed by atoms with E-state index in [1.165, 1.54) is 0 Å². The van der Waals surface area contributed by atoms with Gasteiger partial charge < -0.3 is 5.11 Å². The molecule has 0 radical (unpaired) electrons. The molecule has 1 rings (SSSR count). The van der Waals surface area contributed by atoms with E-state index in [9.17, 15) is 0 Å². The lowest BCUT2D eigenvalue weighted by molar-refractivity contribution is -0.134. The van der Waals surface area contributed by atoms with Gasteiger partial charge in [-0.15, -0.1) is 0 Å². The van der Waals surface area contributed by atoms with Gasteiger partial charge in [0.25, 0.3) is 5.97 Å². The van der Waals surface area contributed by atoms with Crippen molar-refractivity contribution in [1.82, 2.24) is 0 Å². The second-order valence-electron chi connectivity index (χ2n) is 2.09. The van der Waals surface area contributed by atoms with Crippen LogP contribution in [0.5, 0.6) is 0 Å². The predicted molar refractivity (Wildman–Crippen MR) is 53.9 cm³/mol. The summed E-state index contributed by atoms with van der Waals surface area (Å²) >= 11 is 10.8. The number of hydrogen-bond donors (Lipinski definition) is 1. The van der Waals surface area contributed by atoms with E-state index in [-0.39, 0.29) is 0 Å². The van der Waals surface area contributed by atoms with Crippen LogP contribution in [0.15, 0.2) is 30.3 Å². The number of carbonyl (C=O) groups is 1. The van der Waals surface area contributed by atoms with Gasteiger partial charge in [0.15, 0.2) is 0 Å². The lowest BCUT2D eigenvalue weighted by Crippen LogP contribution is -1.89. The van der Waals surface area contributed by atoms with E-state index in [0.29, 0.717) is 0 Å². The van der Waals surface area contributed by atoms with Crippen molar-refractivity contribution in [2.45, 2.75) is 6.92 Å². The molecule has 0 amide bonds. The van der Waals surface area contributed by atoms with Gasteiger partial charge in [0.2, 0.25) is 0 Å². The molecule has 0 fully saturated rings. The normalized spacial score (nSPS) is 8.23. The highest BCUT2D eigenvalue weighted by atomic mass is 35.5. The van der Waals surface area contributed by atoms with Crippen LogP contribution in [-0.2, 0) is 4.79 Å². The molecule has 0 aromatic heterocycles. The Bertz CT molecular complexity index is 248. The first-order valence-corrected chi connectivity index (χ1v) is 4.08. The molecule has 72 valence electrons. The van der Waals surface area contributed by atoms with E-state index in [2.05, 4.69) is 0 Å². The van der Waals surface area contributed by atoms with Crippen molar-refractivity contribution in [3.8, 4) is 0 Å². The number of rotatable bonds is 1. The average Bonchev–Trinajstić information content (AvgIpc) is 2.05. The van der Waals surface area contributed by atoms with Crippen molar-refractivity contribution < 1.29 is 9.90 Å². The van der Waals surface area contributed by atoms with Crippen LogP contribution in [0, 0.1) is 0 Å². The standard InChI is InChI=1S/C6H5Cl2N.C2H4O2/c7-9(8)6-4-2-1-3-5-6;1-2(3)4/h1-5H;1H3,(H,3,4). The summed E-state index contributed by atoms with van der Waals surface area (Å²) < 4.78 is 1.03. The number of hydrogen-bond acceptors (Lipinski definition) is 2. The zero-order valence-electron chi connectivity index (χ0n) is 6.95. The number of benzene rings is 1. The summed E-state index contributed by atoms with van der Waals surface area (Å²) in [7, 11) is 0. The number of para-hydroxylation sites is 1. The minimum Gasteiger partial charge on any atom is -0.481 e. The topological polar surface area (TPSA) is 40.5 Å². The maximum Gasteiger partial charge on any atom is 0.300 e. The van der Waals surface area contributed by atoms with Crippen LogP contribution >= 0.6 is 23.6 Å². The van der Waals surface area contributed by atoms with Gasteiger partial charge in [-0.25, -0.2) is 0 Å². The van der Waals surface area contributed by atoms with Gasteiger partial charge in [0.1, 0.15) is 0 Å². The van der Waals surface area contributed by atoms with Gasteiger partial charge in [-0.3, -0.25) is 4.79 Å². The molecule has 5 heteroatoms. The van der Waals surface area contributed by atoms with Crippen LogP contribution in [0.25, 0.3) is 0 Å². The first-order valence-electron chi connectivity index (χ1n) is 3.40. The fraction of sp³-hybridized carbons (Fsp3) is 0.125. The van der Waals surface area contributed by atoms with E-state index in [0.717, 1.165) is 16.5 Å². The third-order valence-corrected chi connectivity index (χ3v) is 1.34. The first-order chi connectivity index (χ1) is 6.04. The van der Waals surface area contributed by atoms with Gasteiger partial charge in [0.05, 0.1) is 5.69 Å². The third-order valence-electron chi connectivity index (χ3n) is 0.951. The number of nitrogens with zero attached hydrogens (tertiary/aromatic N) is 1. The average molecular weight is 222 g/mol. The van der Waals surface area contributed by atoms with E-state index in [1.54, 1.807) is 0 Å². The summed E-state index contributed by atoms with van der Waals surface area (Å²) in [6, 6.07) is 9.28. The van der Waals surface area contributed by atoms with Crippen LogP contribution in [0.4, 0.5) is 5.69 Å².